The smallest absolute Gasteiger partial charge is 0.310 e. The molecule has 88 valence electrons. The minimum Gasteiger partial charge on any atom is -0.496 e. The van der Waals surface area contributed by atoms with Crippen molar-refractivity contribution < 1.29 is 14.3 Å². The molecule has 4 nitrogen and oxygen atoms in total. The van der Waals surface area contributed by atoms with E-state index in [9.17, 15) is 4.79 Å². The van der Waals surface area contributed by atoms with Gasteiger partial charge >= 0.3 is 5.97 Å². The minimum absolute atomic E-state index is 0.269. The normalized spacial score (nSPS) is 11.9. The third-order valence-corrected chi connectivity index (χ3v) is 2.48. The van der Waals surface area contributed by atoms with Gasteiger partial charge in [0.1, 0.15) is 5.75 Å². The largest absolute Gasteiger partial charge is 0.496 e. The number of ether oxygens (including phenoxy) is 2. The summed E-state index contributed by atoms with van der Waals surface area (Å²) >= 11 is 0. The summed E-state index contributed by atoms with van der Waals surface area (Å²) in [6, 6.07) is 7.57. The molecule has 1 aromatic rings. The van der Waals surface area contributed by atoms with Crippen LogP contribution in [-0.4, -0.2) is 26.7 Å². The number of esters is 1. The Morgan fingerprint density at radius 3 is 2.62 bits per heavy atom. The lowest BCUT2D eigenvalue weighted by atomic mass is 9.99. The summed E-state index contributed by atoms with van der Waals surface area (Å²) in [5.41, 5.74) is 6.51. The Balaban J connectivity index is 2.81. The minimum atomic E-state index is -0.318. The predicted octanol–water partition coefficient (Wildman–Crippen LogP) is 0.986. The SMILES string of the molecule is COC(=O)C(CN)Cc1ccccc1OC. The topological polar surface area (TPSA) is 61.5 Å². The molecule has 0 saturated carbocycles. The highest BCUT2D eigenvalue weighted by atomic mass is 16.5. The van der Waals surface area contributed by atoms with Gasteiger partial charge in [-0.25, -0.2) is 0 Å². The molecule has 0 fully saturated rings. The Labute approximate surface area is 95.3 Å². The van der Waals surface area contributed by atoms with E-state index in [1.54, 1.807) is 7.11 Å². The number of benzene rings is 1. The van der Waals surface area contributed by atoms with E-state index in [1.807, 2.05) is 24.3 Å². The van der Waals surface area contributed by atoms with E-state index in [0.717, 1.165) is 11.3 Å². The summed E-state index contributed by atoms with van der Waals surface area (Å²) < 4.78 is 9.90. The van der Waals surface area contributed by atoms with Gasteiger partial charge in [0, 0.05) is 6.54 Å². The van der Waals surface area contributed by atoms with Crippen molar-refractivity contribution in [2.45, 2.75) is 6.42 Å². The number of para-hydroxylation sites is 1. The first-order valence-corrected chi connectivity index (χ1v) is 5.12. The van der Waals surface area contributed by atoms with Crippen LogP contribution in [0.1, 0.15) is 5.56 Å². The first-order chi connectivity index (χ1) is 7.72. The van der Waals surface area contributed by atoms with Crippen molar-refractivity contribution in [3.8, 4) is 5.75 Å². The van der Waals surface area contributed by atoms with E-state index < -0.39 is 0 Å². The van der Waals surface area contributed by atoms with Crippen LogP contribution in [0, 0.1) is 5.92 Å². The first kappa shape index (κ1) is 12.5. The Hall–Kier alpha value is -1.55. The van der Waals surface area contributed by atoms with Gasteiger partial charge in [0.15, 0.2) is 0 Å². The molecule has 0 spiro atoms. The van der Waals surface area contributed by atoms with Gasteiger partial charge in [-0.1, -0.05) is 18.2 Å². The number of hydrogen-bond donors (Lipinski definition) is 1. The van der Waals surface area contributed by atoms with Crippen LogP contribution < -0.4 is 10.5 Å². The highest BCUT2D eigenvalue weighted by Gasteiger charge is 2.19. The van der Waals surface area contributed by atoms with Gasteiger partial charge in [-0.05, 0) is 18.1 Å². The van der Waals surface area contributed by atoms with E-state index in [0.29, 0.717) is 6.42 Å². The first-order valence-electron chi connectivity index (χ1n) is 5.12. The molecule has 4 heteroatoms. The maximum absolute atomic E-state index is 11.4. The van der Waals surface area contributed by atoms with E-state index in [-0.39, 0.29) is 18.4 Å². The standard InChI is InChI=1S/C12H17NO3/c1-15-11-6-4-3-5-9(11)7-10(8-13)12(14)16-2/h3-6,10H,7-8,13H2,1-2H3. The summed E-state index contributed by atoms with van der Waals surface area (Å²) in [7, 11) is 2.97. The van der Waals surface area contributed by atoms with Crippen molar-refractivity contribution in [1.82, 2.24) is 0 Å². The summed E-state index contributed by atoms with van der Waals surface area (Å²) in [4.78, 5) is 11.4. The monoisotopic (exact) mass is 223 g/mol. The van der Waals surface area contributed by atoms with Crippen molar-refractivity contribution in [2.75, 3.05) is 20.8 Å². The van der Waals surface area contributed by atoms with Crippen molar-refractivity contribution in [2.24, 2.45) is 11.7 Å². The van der Waals surface area contributed by atoms with Crippen LogP contribution in [0.15, 0.2) is 24.3 Å². The number of carbonyl (C=O) groups is 1. The maximum Gasteiger partial charge on any atom is 0.310 e. The van der Waals surface area contributed by atoms with Gasteiger partial charge in [0.05, 0.1) is 20.1 Å². The lowest BCUT2D eigenvalue weighted by molar-refractivity contribution is -0.145. The van der Waals surface area contributed by atoms with Crippen molar-refractivity contribution in [3.05, 3.63) is 29.8 Å². The molecule has 1 aromatic carbocycles. The molecular weight excluding hydrogens is 206 g/mol. The predicted molar refractivity (Wildman–Crippen MR) is 61.3 cm³/mol. The lowest BCUT2D eigenvalue weighted by Gasteiger charge is -2.14. The van der Waals surface area contributed by atoms with Crippen molar-refractivity contribution in [3.63, 3.8) is 0 Å². The lowest BCUT2D eigenvalue weighted by Crippen LogP contribution is -2.26. The second-order valence-electron chi connectivity index (χ2n) is 3.47. The molecule has 0 aliphatic heterocycles. The van der Waals surface area contributed by atoms with Gasteiger partial charge in [0.2, 0.25) is 0 Å². The van der Waals surface area contributed by atoms with Crippen LogP contribution in [0.3, 0.4) is 0 Å². The number of nitrogens with two attached hydrogens (primary N) is 1. The molecule has 16 heavy (non-hydrogen) atoms. The van der Waals surface area contributed by atoms with E-state index in [4.69, 9.17) is 10.5 Å². The second-order valence-corrected chi connectivity index (χ2v) is 3.47. The summed E-state index contributed by atoms with van der Waals surface area (Å²) in [6.45, 7) is 0.269. The number of rotatable bonds is 5. The van der Waals surface area contributed by atoms with Crippen LogP contribution in [0.4, 0.5) is 0 Å². The fraction of sp³-hybridized carbons (Fsp3) is 0.417. The van der Waals surface area contributed by atoms with Gasteiger partial charge in [-0.3, -0.25) is 4.79 Å². The average molecular weight is 223 g/mol. The fourth-order valence-electron chi connectivity index (χ4n) is 1.57. The zero-order chi connectivity index (χ0) is 12.0. The van der Waals surface area contributed by atoms with E-state index in [1.165, 1.54) is 7.11 Å². The Bertz CT molecular complexity index is 352. The molecule has 1 rings (SSSR count). The molecule has 1 unspecified atom stereocenters. The maximum atomic E-state index is 11.4. The summed E-state index contributed by atoms with van der Waals surface area (Å²) in [5.74, 6) is 0.166. The van der Waals surface area contributed by atoms with Crippen LogP contribution >= 0.6 is 0 Å². The molecule has 0 aromatic heterocycles. The molecule has 0 radical (unpaired) electrons. The van der Waals surface area contributed by atoms with Gasteiger partial charge in [0.25, 0.3) is 0 Å². The number of methoxy groups -OCH3 is 2. The molecule has 0 bridgehead atoms. The van der Waals surface area contributed by atoms with E-state index in [2.05, 4.69) is 4.74 Å². The van der Waals surface area contributed by atoms with Crippen molar-refractivity contribution in [1.29, 1.82) is 0 Å². The number of hydrogen-bond acceptors (Lipinski definition) is 4. The average Bonchev–Trinajstić information content (AvgIpc) is 2.35. The zero-order valence-corrected chi connectivity index (χ0v) is 9.60. The third-order valence-electron chi connectivity index (χ3n) is 2.48. The molecule has 0 saturated heterocycles. The van der Waals surface area contributed by atoms with Gasteiger partial charge in [-0.2, -0.15) is 0 Å². The number of carbonyl (C=O) groups excluding carboxylic acids is 1. The Kier molecular flexibility index (Phi) is 4.79. The third kappa shape index (κ3) is 2.97. The molecular formula is C12H17NO3. The summed E-state index contributed by atoms with van der Waals surface area (Å²) in [6.07, 6.45) is 0.535. The summed E-state index contributed by atoms with van der Waals surface area (Å²) in [5, 5.41) is 0. The Morgan fingerprint density at radius 1 is 1.38 bits per heavy atom. The van der Waals surface area contributed by atoms with E-state index >= 15 is 0 Å². The molecule has 0 heterocycles. The quantitative estimate of drug-likeness (QED) is 0.756. The fourth-order valence-corrected chi connectivity index (χ4v) is 1.57. The molecule has 0 aliphatic carbocycles. The van der Waals surface area contributed by atoms with Crippen LogP contribution in [0.2, 0.25) is 0 Å². The highest BCUT2D eigenvalue weighted by Crippen LogP contribution is 2.21. The van der Waals surface area contributed by atoms with Crippen LogP contribution in [-0.2, 0) is 16.0 Å². The van der Waals surface area contributed by atoms with Gasteiger partial charge in [-0.15, -0.1) is 0 Å². The molecule has 0 aliphatic rings. The Morgan fingerprint density at radius 2 is 2.06 bits per heavy atom. The highest BCUT2D eigenvalue weighted by molar-refractivity contribution is 5.73. The van der Waals surface area contributed by atoms with Crippen LogP contribution in [0.5, 0.6) is 5.75 Å². The second kappa shape index (κ2) is 6.12. The molecule has 1 atom stereocenters. The molecule has 2 N–H and O–H groups in total. The van der Waals surface area contributed by atoms with Crippen LogP contribution in [0.25, 0.3) is 0 Å². The zero-order valence-electron chi connectivity index (χ0n) is 9.60. The van der Waals surface area contributed by atoms with Crippen molar-refractivity contribution >= 4 is 5.97 Å². The molecule has 0 amide bonds. The van der Waals surface area contributed by atoms with Gasteiger partial charge < -0.3 is 15.2 Å².